The second kappa shape index (κ2) is 4.21. The van der Waals surface area contributed by atoms with E-state index in [2.05, 4.69) is 13.8 Å². The molecule has 3 atom stereocenters. The summed E-state index contributed by atoms with van der Waals surface area (Å²) < 4.78 is 0. The zero-order valence-electron chi connectivity index (χ0n) is 9.63. The van der Waals surface area contributed by atoms with E-state index >= 15 is 0 Å². The van der Waals surface area contributed by atoms with Gasteiger partial charge in [0.1, 0.15) is 0 Å². The van der Waals surface area contributed by atoms with Gasteiger partial charge in [-0.25, -0.2) is 0 Å². The van der Waals surface area contributed by atoms with Crippen LogP contribution in [0, 0.1) is 5.41 Å². The maximum absolute atomic E-state index is 6.24. The van der Waals surface area contributed by atoms with Crippen LogP contribution in [0.5, 0.6) is 0 Å². The average Bonchev–Trinajstić information content (AvgIpc) is 2.26. The van der Waals surface area contributed by atoms with Gasteiger partial charge < -0.3 is 5.73 Å². The lowest BCUT2D eigenvalue weighted by Crippen LogP contribution is -2.54. The van der Waals surface area contributed by atoms with Crippen molar-refractivity contribution < 1.29 is 0 Å². The van der Waals surface area contributed by atoms with Gasteiger partial charge in [0.15, 0.2) is 0 Å². The fourth-order valence-electron chi connectivity index (χ4n) is 2.67. The number of rotatable bonds is 2. The number of benzene rings is 1. The topological polar surface area (TPSA) is 26.0 Å². The summed E-state index contributed by atoms with van der Waals surface area (Å²) in [6, 6.07) is 6.05. The molecule has 0 amide bonds. The molecule has 88 valence electrons. The fourth-order valence-corrected chi connectivity index (χ4v) is 3.21. The van der Waals surface area contributed by atoms with E-state index in [1.54, 1.807) is 0 Å². The molecular weight excluding hydrogens is 241 g/mol. The third-order valence-electron chi connectivity index (χ3n) is 4.23. The van der Waals surface area contributed by atoms with E-state index in [-0.39, 0.29) is 11.5 Å². The Labute approximate surface area is 107 Å². The van der Waals surface area contributed by atoms with E-state index in [1.165, 1.54) is 5.56 Å². The van der Waals surface area contributed by atoms with Crippen molar-refractivity contribution in [3.8, 4) is 0 Å². The van der Waals surface area contributed by atoms with Crippen molar-refractivity contribution in [2.75, 3.05) is 0 Å². The van der Waals surface area contributed by atoms with E-state index < -0.39 is 0 Å². The molecule has 3 unspecified atom stereocenters. The summed E-state index contributed by atoms with van der Waals surface area (Å²) in [5.41, 5.74) is 7.48. The Morgan fingerprint density at radius 2 is 2.12 bits per heavy atom. The predicted octanol–water partition coefficient (Wildman–Crippen LogP) is 4.22. The Balaban J connectivity index is 2.33. The molecule has 2 N–H and O–H groups in total. The molecule has 0 heterocycles. The molecule has 1 nitrogen and oxygen atoms in total. The highest BCUT2D eigenvalue weighted by Crippen LogP contribution is 2.55. The first-order valence-corrected chi connectivity index (χ1v) is 6.45. The molecule has 16 heavy (non-hydrogen) atoms. The SMILES string of the molecule is CCC1(C)C(N)CC1c1ccc(Cl)cc1Cl. The van der Waals surface area contributed by atoms with Crippen molar-refractivity contribution in [2.24, 2.45) is 11.1 Å². The number of halogens is 2. The number of hydrogen-bond acceptors (Lipinski definition) is 1. The first-order valence-electron chi connectivity index (χ1n) is 5.69. The third-order valence-corrected chi connectivity index (χ3v) is 4.79. The molecule has 0 bridgehead atoms. The Morgan fingerprint density at radius 3 is 2.62 bits per heavy atom. The van der Waals surface area contributed by atoms with E-state index in [9.17, 15) is 0 Å². The lowest BCUT2D eigenvalue weighted by molar-refractivity contribution is 0.0706. The molecule has 1 aliphatic carbocycles. The van der Waals surface area contributed by atoms with Gasteiger partial charge in [-0.15, -0.1) is 0 Å². The number of hydrogen-bond donors (Lipinski definition) is 1. The first-order chi connectivity index (χ1) is 7.49. The van der Waals surface area contributed by atoms with Gasteiger partial charge in [0.2, 0.25) is 0 Å². The maximum atomic E-state index is 6.24. The van der Waals surface area contributed by atoms with Gasteiger partial charge in [-0.3, -0.25) is 0 Å². The summed E-state index contributed by atoms with van der Waals surface area (Å²) >= 11 is 12.2. The highest BCUT2D eigenvalue weighted by Gasteiger charge is 2.49. The summed E-state index contributed by atoms with van der Waals surface area (Å²) in [5, 5.41) is 1.46. The minimum absolute atomic E-state index is 0.178. The van der Waals surface area contributed by atoms with E-state index in [4.69, 9.17) is 28.9 Å². The fraction of sp³-hybridized carbons (Fsp3) is 0.538. The Kier molecular flexibility index (Phi) is 3.22. The minimum Gasteiger partial charge on any atom is -0.327 e. The molecule has 1 saturated carbocycles. The maximum Gasteiger partial charge on any atom is 0.0455 e. The molecule has 1 aromatic carbocycles. The van der Waals surface area contributed by atoms with Gasteiger partial charge in [0.25, 0.3) is 0 Å². The summed E-state index contributed by atoms with van der Waals surface area (Å²) in [5.74, 6) is 0.470. The minimum atomic E-state index is 0.178. The Hall–Kier alpha value is -0.240. The van der Waals surface area contributed by atoms with Crippen LogP contribution >= 0.6 is 23.2 Å². The van der Waals surface area contributed by atoms with Gasteiger partial charge in [0.05, 0.1) is 0 Å². The monoisotopic (exact) mass is 257 g/mol. The molecule has 2 rings (SSSR count). The molecule has 0 saturated heterocycles. The third kappa shape index (κ3) is 1.75. The lowest BCUT2D eigenvalue weighted by Gasteiger charge is -2.53. The molecule has 1 fully saturated rings. The van der Waals surface area contributed by atoms with Crippen molar-refractivity contribution >= 4 is 23.2 Å². The molecule has 1 aliphatic rings. The summed E-state index contributed by atoms with van der Waals surface area (Å²) in [7, 11) is 0. The van der Waals surface area contributed by atoms with E-state index in [1.807, 2.05) is 18.2 Å². The van der Waals surface area contributed by atoms with Gasteiger partial charge >= 0.3 is 0 Å². The van der Waals surface area contributed by atoms with Crippen LogP contribution in [-0.2, 0) is 0 Å². The quantitative estimate of drug-likeness (QED) is 0.844. The lowest BCUT2D eigenvalue weighted by atomic mass is 9.54. The largest absolute Gasteiger partial charge is 0.327 e. The van der Waals surface area contributed by atoms with Crippen molar-refractivity contribution in [3.63, 3.8) is 0 Å². The van der Waals surface area contributed by atoms with Crippen molar-refractivity contribution in [1.82, 2.24) is 0 Å². The summed E-state index contributed by atoms with van der Waals surface area (Å²) in [6.07, 6.45) is 2.10. The van der Waals surface area contributed by atoms with E-state index in [0.29, 0.717) is 10.9 Å². The normalized spacial score (nSPS) is 33.6. The van der Waals surface area contributed by atoms with Crippen LogP contribution in [0.15, 0.2) is 18.2 Å². The highest BCUT2D eigenvalue weighted by atomic mass is 35.5. The molecule has 3 heteroatoms. The van der Waals surface area contributed by atoms with Crippen LogP contribution in [0.3, 0.4) is 0 Å². The summed E-state index contributed by atoms with van der Waals surface area (Å²) in [4.78, 5) is 0. The van der Waals surface area contributed by atoms with Crippen LogP contribution in [0.2, 0.25) is 10.0 Å². The molecule has 0 aromatic heterocycles. The Morgan fingerprint density at radius 1 is 1.44 bits per heavy atom. The zero-order chi connectivity index (χ0) is 11.9. The smallest absolute Gasteiger partial charge is 0.0455 e. The summed E-state index contributed by atoms with van der Waals surface area (Å²) in [6.45, 7) is 4.44. The highest BCUT2D eigenvalue weighted by molar-refractivity contribution is 6.35. The zero-order valence-corrected chi connectivity index (χ0v) is 11.1. The Bertz CT molecular complexity index is 405. The van der Waals surface area contributed by atoms with Crippen LogP contribution in [0.4, 0.5) is 0 Å². The molecule has 0 radical (unpaired) electrons. The van der Waals surface area contributed by atoms with Gasteiger partial charge in [-0.2, -0.15) is 0 Å². The van der Waals surface area contributed by atoms with Crippen LogP contribution in [-0.4, -0.2) is 6.04 Å². The van der Waals surface area contributed by atoms with Crippen LogP contribution < -0.4 is 5.73 Å². The van der Waals surface area contributed by atoms with Crippen LogP contribution in [0.1, 0.15) is 38.2 Å². The number of nitrogens with two attached hydrogens (primary N) is 1. The molecule has 1 aromatic rings. The first kappa shape index (κ1) is 12.2. The molecule has 0 aliphatic heterocycles. The van der Waals surface area contributed by atoms with Gasteiger partial charge in [0, 0.05) is 16.1 Å². The van der Waals surface area contributed by atoms with Crippen molar-refractivity contribution in [2.45, 2.75) is 38.6 Å². The standard InChI is InChI=1S/C13H17Cl2N/c1-3-13(2)10(7-12(13)16)9-5-4-8(14)6-11(9)15/h4-6,10,12H,3,7,16H2,1-2H3. The van der Waals surface area contributed by atoms with Gasteiger partial charge in [-0.05, 0) is 41.9 Å². The van der Waals surface area contributed by atoms with Crippen molar-refractivity contribution in [1.29, 1.82) is 0 Å². The molecular formula is C13H17Cl2N. The van der Waals surface area contributed by atoms with E-state index in [0.717, 1.165) is 17.9 Å². The average molecular weight is 258 g/mol. The van der Waals surface area contributed by atoms with Crippen molar-refractivity contribution in [3.05, 3.63) is 33.8 Å². The predicted molar refractivity (Wildman–Crippen MR) is 70.2 cm³/mol. The van der Waals surface area contributed by atoms with Crippen LogP contribution in [0.25, 0.3) is 0 Å². The second-order valence-electron chi connectivity index (χ2n) is 4.92. The van der Waals surface area contributed by atoms with Gasteiger partial charge in [-0.1, -0.05) is 43.1 Å². The second-order valence-corrected chi connectivity index (χ2v) is 5.76. The molecule has 0 spiro atoms.